The van der Waals surface area contributed by atoms with Crippen LogP contribution in [0.25, 0.3) is 5.57 Å². The van der Waals surface area contributed by atoms with Crippen LogP contribution in [0.5, 0.6) is 0 Å². The van der Waals surface area contributed by atoms with Crippen molar-refractivity contribution < 1.29 is 8.42 Å². The second-order valence-corrected chi connectivity index (χ2v) is 11.0. The first-order chi connectivity index (χ1) is 15.6. The number of hydrogen-bond acceptors (Lipinski definition) is 4. The van der Waals surface area contributed by atoms with Crippen molar-refractivity contribution in [1.82, 2.24) is 14.9 Å². The van der Waals surface area contributed by atoms with Gasteiger partial charge in [-0.15, -0.1) is 0 Å². The smallest absolute Gasteiger partial charge is 0.240 e. The first kappa shape index (κ1) is 21.8. The minimum atomic E-state index is -3.46. The Balaban J connectivity index is 1.10. The zero-order valence-corrected chi connectivity index (χ0v) is 19.5. The molecule has 2 heterocycles. The van der Waals surface area contributed by atoms with Crippen LogP contribution in [0.2, 0.25) is 0 Å². The number of likely N-dealkylation sites (tertiary alicyclic amines) is 1. The van der Waals surface area contributed by atoms with Gasteiger partial charge in [-0.2, -0.15) is 0 Å². The summed E-state index contributed by atoms with van der Waals surface area (Å²) in [6.45, 7) is 5.31. The molecule has 2 aromatic rings. The maximum atomic E-state index is 13.0. The van der Waals surface area contributed by atoms with Crippen LogP contribution in [0, 0.1) is 5.92 Å². The Morgan fingerprint density at radius 3 is 2.72 bits per heavy atom. The molecule has 1 saturated heterocycles. The molecule has 0 amide bonds. The van der Waals surface area contributed by atoms with Crippen molar-refractivity contribution in [2.75, 3.05) is 32.7 Å². The summed E-state index contributed by atoms with van der Waals surface area (Å²) < 4.78 is 28.9. The lowest BCUT2D eigenvalue weighted by atomic mass is 9.96. The summed E-state index contributed by atoms with van der Waals surface area (Å²) in [5.41, 5.74) is 6.45. The third-order valence-corrected chi connectivity index (χ3v) is 8.79. The molecule has 0 spiro atoms. The van der Waals surface area contributed by atoms with E-state index in [9.17, 15) is 8.42 Å². The Hall–Kier alpha value is -1.99. The summed E-state index contributed by atoms with van der Waals surface area (Å²) in [4.78, 5) is 3.01. The highest BCUT2D eigenvalue weighted by Gasteiger charge is 2.25. The molecule has 2 aromatic carbocycles. The normalized spacial score (nSPS) is 19.4. The van der Waals surface area contributed by atoms with E-state index in [1.807, 2.05) is 12.1 Å². The molecular formula is C26H33N3O2S. The summed E-state index contributed by atoms with van der Waals surface area (Å²) in [5, 5.41) is 3.32. The second-order valence-electron chi connectivity index (χ2n) is 9.30. The molecule has 0 bridgehead atoms. The highest BCUT2D eigenvalue weighted by atomic mass is 32.2. The van der Waals surface area contributed by atoms with E-state index in [0.29, 0.717) is 17.4 Å². The predicted molar refractivity (Wildman–Crippen MR) is 129 cm³/mol. The number of piperidine rings is 1. The molecule has 1 fully saturated rings. The number of fused-ring (bicyclic) bond motifs is 2. The average molecular weight is 452 g/mol. The van der Waals surface area contributed by atoms with Crippen LogP contribution in [0.3, 0.4) is 0 Å². The van der Waals surface area contributed by atoms with Crippen LogP contribution < -0.4 is 10.0 Å². The largest absolute Gasteiger partial charge is 0.312 e. The molecule has 5 nitrogen and oxygen atoms in total. The molecular weight excluding hydrogens is 418 g/mol. The van der Waals surface area contributed by atoms with Crippen LogP contribution in [0.4, 0.5) is 0 Å². The van der Waals surface area contributed by atoms with Crippen LogP contribution in [0.15, 0.2) is 53.4 Å². The van der Waals surface area contributed by atoms with E-state index < -0.39 is 10.0 Å². The molecule has 5 rings (SSSR count). The SMILES string of the molecule is O=S(=O)(NCC1CCN(CCC2=CCc3ccccc32)CC1)c1cccc2c1CCNC2. The van der Waals surface area contributed by atoms with Crippen LogP contribution in [-0.2, 0) is 29.4 Å². The summed E-state index contributed by atoms with van der Waals surface area (Å²) >= 11 is 0. The van der Waals surface area contributed by atoms with Crippen LogP contribution in [-0.4, -0.2) is 46.0 Å². The van der Waals surface area contributed by atoms with E-state index in [1.165, 1.54) is 16.7 Å². The number of nitrogens with zero attached hydrogens (tertiary/aromatic N) is 1. The van der Waals surface area contributed by atoms with Crippen LogP contribution in [0.1, 0.15) is 41.5 Å². The van der Waals surface area contributed by atoms with Gasteiger partial charge in [-0.05, 0) is 91.5 Å². The molecule has 0 atom stereocenters. The summed E-state index contributed by atoms with van der Waals surface area (Å²) in [6.07, 6.45) is 7.41. The van der Waals surface area contributed by atoms with Gasteiger partial charge in [0.15, 0.2) is 0 Å². The van der Waals surface area contributed by atoms with Crippen molar-refractivity contribution in [3.8, 4) is 0 Å². The van der Waals surface area contributed by atoms with E-state index in [2.05, 4.69) is 45.3 Å². The molecule has 0 radical (unpaired) electrons. The van der Waals surface area contributed by atoms with Gasteiger partial charge in [0.25, 0.3) is 0 Å². The highest BCUT2D eigenvalue weighted by Crippen LogP contribution is 2.30. The standard InChI is InChI=1S/C26H33N3O2S/c30-32(31,26-7-3-5-23-19-27-14-10-25(23)26)28-18-20-11-15-29(16-12-20)17-13-22-9-8-21-4-1-2-6-24(21)22/h1-7,9,20,27-28H,8,10-19H2. The van der Waals surface area contributed by atoms with Gasteiger partial charge in [0.05, 0.1) is 4.90 Å². The third kappa shape index (κ3) is 4.69. The fourth-order valence-corrected chi connectivity index (χ4v) is 6.76. The minimum absolute atomic E-state index is 0.411. The number of sulfonamides is 1. The van der Waals surface area contributed by atoms with Gasteiger partial charge >= 0.3 is 0 Å². The fraction of sp³-hybridized carbons (Fsp3) is 0.462. The zero-order chi connectivity index (χ0) is 22.0. The van der Waals surface area contributed by atoms with E-state index in [0.717, 1.165) is 76.0 Å². The monoisotopic (exact) mass is 451 g/mol. The maximum Gasteiger partial charge on any atom is 0.240 e. The van der Waals surface area contributed by atoms with Gasteiger partial charge in [0.2, 0.25) is 10.0 Å². The number of nitrogens with one attached hydrogen (secondary N) is 2. The lowest BCUT2D eigenvalue weighted by Gasteiger charge is -2.32. The number of allylic oxidation sites excluding steroid dienone is 1. The summed E-state index contributed by atoms with van der Waals surface area (Å²) in [5.74, 6) is 0.411. The Bertz CT molecular complexity index is 1100. The van der Waals surface area contributed by atoms with Gasteiger partial charge in [0.1, 0.15) is 0 Å². The first-order valence-corrected chi connectivity index (χ1v) is 13.4. The molecule has 6 heteroatoms. The van der Waals surface area contributed by atoms with Crippen LogP contribution >= 0.6 is 0 Å². The molecule has 170 valence electrons. The van der Waals surface area contributed by atoms with Gasteiger partial charge < -0.3 is 10.2 Å². The van der Waals surface area contributed by atoms with E-state index in [4.69, 9.17) is 0 Å². The number of benzene rings is 2. The van der Waals surface area contributed by atoms with Crippen molar-refractivity contribution in [3.05, 3.63) is 70.8 Å². The fourth-order valence-electron chi connectivity index (χ4n) is 5.34. The summed E-state index contributed by atoms with van der Waals surface area (Å²) in [6, 6.07) is 14.4. The lowest BCUT2D eigenvalue weighted by molar-refractivity contribution is 0.189. The summed E-state index contributed by atoms with van der Waals surface area (Å²) in [7, 11) is -3.46. The number of rotatable bonds is 7. The molecule has 0 saturated carbocycles. The lowest BCUT2D eigenvalue weighted by Crippen LogP contribution is -2.39. The van der Waals surface area contributed by atoms with E-state index >= 15 is 0 Å². The van der Waals surface area contributed by atoms with Gasteiger partial charge in [-0.1, -0.05) is 42.5 Å². The molecule has 1 aliphatic carbocycles. The third-order valence-electron chi connectivity index (χ3n) is 7.29. The molecule has 0 aromatic heterocycles. The molecule has 3 aliphatic rings. The Morgan fingerprint density at radius 1 is 1.03 bits per heavy atom. The highest BCUT2D eigenvalue weighted by molar-refractivity contribution is 7.89. The molecule has 32 heavy (non-hydrogen) atoms. The topological polar surface area (TPSA) is 61.4 Å². The number of hydrogen-bond donors (Lipinski definition) is 2. The Kier molecular flexibility index (Phi) is 6.47. The van der Waals surface area contributed by atoms with Crippen molar-refractivity contribution in [2.24, 2.45) is 5.92 Å². The second kappa shape index (κ2) is 9.48. The van der Waals surface area contributed by atoms with Crippen molar-refractivity contribution in [2.45, 2.75) is 43.5 Å². The van der Waals surface area contributed by atoms with E-state index in [-0.39, 0.29) is 0 Å². The maximum absolute atomic E-state index is 13.0. The van der Waals surface area contributed by atoms with Crippen molar-refractivity contribution in [3.63, 3.8) is 0 Å². The first-order valence-electron chi connectivity index (χ1n) is 11.9. The van der Waals surface area contributed by atoms with Gasteiger partial charge in [-0.25, -0.2) is 13.1 Å². The van der Waals surface area contributed by atoms with Gasteiger partial charge in [0, 0.05) is 19.6 Å². The Labute approximate surface area is 192 Å². The average Bonchev–Trinajstić information content (AvgIpc) is 3.25. The molecule has 2 N–H and O–H groups in total. The molecule has 2 aliphatic heterocycles. The quantitative estimate of drug-likeness (QED) is 0.678. The van der Waals surface area contributed by atoms with E-state index in [1.54, 1.807) is 6.07 Å². The minimum Gasteiger partial charge on any atom is -0.312 e. The van der Waals surface area contributed by atoms with Crippen molar-refractivity contribution in [1.29, 1.82) is 0 Å². The predicted octanol–water partition coefficient (Wildman–Crippen LogP) is 3.35. The zero-order valence-electron chi connectivity index (χ0n) is 18.6. The van der Waals surface area contributed by atoms with Gasteiger partial charge in [-0.3, -0.25) is 0 Å². The molecule has 0 unspecified atom stereocenters. The Morgan fingerprint density at radius 2 is 1.84 bits per heavy atom. The van der Waals surface area contributed by atoms with Crippen molar-refractivity contribution >= 4 is 15.6 Å².